The van der Waals surface area contributed by atoms with Gasteiger partial charge in [-0.3, -0.25) is 14.5 Å². The molecule has 9 heteroatoms. The molecular formula is C19H24N2O6S. The van der Waals surface area contributed by atoms with Crippen molar-refractivity contribution in [3.05, 3.63) is 34.9 Å². The minimum Gasteiger partial charge on any atom is -0.497 e. The molecule has 1 aliphatic rings. The van der Waals surface area contributed by atoms with Gasteiger partial charge in [-0.1, -0.05) is 11.8 Å². The van der Waals surface area contributed by atoms with Crippen molar-refractivity contribution >= 4 is 29.5 Å². The number of esters is 1. The first-order valence-corrected chi connectivity index (χ1v) is 9.71. The molecule has 0 radical (unpaired) electrons. The summed E-state index contributed by atoms with van der Waals surface area (Å²) in [5.41, 5.74) is 0.750. The van der Waals surface area contributed by atoms with Crippen molar-refractivity contribution in [2.24, 2.45) is 0 Å². The molecular weight excluding hydrogens is 384 g/mol. The van der Waals surface area contributed by atoms with E-state index >= 15 is 0 Å². The van der Waals surface area contributed by atoms with Crippen LogP contribution in [0, 0.1) is 0 Å². The lowest BCUT2D eigenvalue weighted by atomic mass is 10.1. The molecule has 1 unspecified atom stereocenters. The predicted molar refractivity (Wildman–Crippen MR) is 105 cm³/mol. The van der Waals surface area contributed by atoms with Crippen molar-refractivity contribution in [3.63, 3.8) is 0 Å². The quantitative estimate of drug-likeness (QED) is 0.518. The Morgan fingerprint density at radius 3 is 2.71 bits per heavy atom. The largest absolute Gasteiger partial charge is 0.497 e. The topological polar surface area (TPSA) is 94.2 Å². The van der Waals surface area contributed by atoms with Crippen molar-refractivity contribution in [1.29, 1.82) is 0 Å². The van der Waals surface area contributed by atoms with Gasteiger partial charge < -0.3 is 19.5 Å². The molecule has 1 aliphatic heterocycles. The number of hydrogen-bond donors (Lipinski definition) is 1. The summed E-state index contributed by atoms with van der Waals surface area (Å²) < 4.78 is 15.4. The Morgan fingerprint density at radius 2 is 2.07 bits per heavy atom. The van der Waals surface area contributed by atoms with E-state index in [1.807, 2.05) is 6.92 Å². The third-order valence-electron chi connectivity index (χ3n) is 4.02. The van der Waals surface area contributed by atoms with Crippen LogP contribution in [0.15, 0.2) is 29.3 Å². The molecule has 0 aliphatic carbocycles. The average molecular weight is 408 g/mol. The van der Waals surface area contributed by atoms with Gasteiger partial charge in [0.2, 0.25) is 11.8 Å². The highest BCUT2D eigenvalue weighted by Gasteiger charge is 2.29. The molecule has 152 valence electrons. The lowest BCUT2D eigenvalue weighted by molar-refractivity contribution is -0.137. The fourth-order valence-electron chi connectivity index (χ4n) is 2.67. The van der Waals surface area contributed by atoms with E-state index in [-0.39, 0.29) is 36.8 Å². The SMILES string of the molecule is CCOC(=O)/C=C1\SCC(=O)N1CC(=O)NC(C)c1cc(OC)ccc1OC. The maximum atomic E-state index is 12.5. The zero-order valence-corrected chi connectivity index (χ0v) is 17.1. The summed E-state index contributed by atoms with van der Waals surface area (Å²) >= 11 is 1.20. The molecule has 1 aromatic rings. The van der Waals surface area contributed by atoms with Crippen molar-refractivity contribution in [1.82, 2.24) is 10.2 Å². The number of ether oxygens (including phenoxy) is 3. The molecule has 0 aromatic heterocycles. The molecule has 0 saturated carbocycles. The van der Waals surface area contributed by atoms with Crippen molar-refractivity contribution in [2.45, 2.75) is 19.9 Å². The summed E-state index contributed by atoms with van der Waals surface area (Å²) in [6.45, 7) is 3.56. The Balaban J connectivity index is 2.08. The van der Waals surface area contributed by atoms with Gasteiger partial charge in [-0.05, 0) is 32.0 Å². The second kappa shape index (κ2) is 10.0. The van der Waals surface area contributed by atoms with Gasteiger partial charge in [0, 0.05) is 5.56 Å². The fourth-order valence-corrected chi connectivity index (χ4v) is 3.60. The number of carbonyl (C=O) groups is 3. The highest BCUT2D eigenvalue weighted by Crippen LogP contribution is 2.30. The zero-order valence-electron chi connectivity index (χ0n) is 16.3. The zero-order chi connectivity index (χ0) is 20.7. The first-order chi connectivity index (χ1) is 13.4. The first kappa shape index (κ1) is 21.6. The van der Waals surface area contributed by atoms with E-state index < -0.39 is 5.97 Å². The Labute approximate surface area is 168 Å². The molecule has 0 bridgehead atoms. The summed E-state index contributed by atoms with van der Waals surface area (Å²) in [6, 6.07) is 4.94. The molecule has 1 atom stereocenters. The number of methoxy groups -OCH3 is 2. The number of nitrogens with zero attached hydrogens (tertiary/aromatic N) is 1. The average Bonchev–Trinajstić information content (AvgIpc) is 3.00. The second-order valence-electron chi connectivity index (χ2n) is 5.90. The molecule has 28 heavy (non-hydrogen) atoms. The first-order valence-electron chi connectivity index (χ1n) is 8.72. The highest BCUT2D eigenvalue weighted by molar-refractivity contribution is 8.04. The molecule has 0 spiro atoms. The molecule has 1 fully saturated rings. The molecule has 2 rings (SSSR count). The summed E-state index contributed by atoms with van der Waals surface area (Å²) in [5, 5.41) is 3.26. The van der Waals surface area contributed by atoms with Gasteiger partial charge in [0.15, 0.2) is 0 Å². The van der Waals surface area contributed by atoms with E-state index in [9.17, 15) is 14.4 Å². The molecule has 1 saturated heterocycles. The maximum absolute atomic E-state index is 12.5. The van der Waals surface area contributed by atoms with Crippen LogP contribution in [0.5, 0.6) is 11.5 Å². The maximum Gasteiger partial charge on any atom is 0.333 e. The van der Waals surface area contributed by atoms with Crippen LogP contribution in [0.4, 0.5) is 0 Å². The number of carbonyl (C=O) groups excluding carboxylic acids is 3. The Bertz CT molecular complexity index is 780. The highest BCUT2D eigenvalue weighted by atomic mass is 32.2. The Kier molecular flexibility index (Phi) is 7.74. The number of benzene rings is 1. The minimum atomic E-state index is -0.542. The van der Waals surface area contributed by atoms with Crippen molar-refractivity contribution in [2.75, 3.05) is 33.1 Å². The summed E-state index contributed by atoms with van der Waals surface area (Å²) in [4.78, 5) is 37.5. The van der Waals surface area contributed by atoms with Crippen molar-refractivity contribution < 1.29 is 28.6 Å². The number of amides is 2. The normalized spacial score (nSPS) is 16.1. The van der Waals surface area contributed by atoms with E-state index in [0.29, 0.717) is 16.5 Å². The standard InChI is InChI=1S/C19H24N2O6S/c1-5-27-19(24)9-18-21(17(23)11-28-18)10-16(22)20-12(2)14-8-13(25-3)6-7-15(14)26-4/h6-9,12H,5,10-11H2,1-4H3,(H,20,22)/b18-9-. The van der Waals surface area contributed by atoms with Gasteiger partial charge in [0.25, 0.3) is 0 Å². The minimum absolute atomic E-state index is 0.178. The third-order valence-corrected chi connectivity index (χ3v) is 5.05. The Hall–Kier alpha value is -2.68. The molecule has 1 aromatic carbocycles. The second-order valence-corrected chi connectivity index (χ2v) is 6.90. The lowest BCUT2D eigenvalue weighted by Gasteiger charge is -2.21. The number of rotatable bonds is 8. The Morgan fingerprint density at radius 1 is 1.32 bits per heavy atom. The monoisotopic (exact) mass is 408 g/mol. The van der Waals surface area contributed by atoms with Gasteiger partial charge in [0.1, 0.15) is 18.0 Å². The van der Waals surface area contributed by atoms with Crippen LogP contribution < -0.4 is 14.8 Å². The molecule has 2 amide bonds. The van der Waals surface area contributed by atoms with E-state index in [4.69, 9.17) is 14.2 Å². The van der Waals surface area contributed by atoms with E-state index in [2.05, 4.69) is 5.32 Å². The van der Waals surface area contributed by atoms with Crippen LogP contribution in [-0.4, -0.2) is 55.8 Å². The number of nitrogens with one attached hydrogen (secondary N) is 1. The van der Waals surface area contributed by atoms with Crippen LogP contribution in [0.2, 0.25) is 0 Å². The number of thioether (sulfide) groups is 1. The fraction of sp³-hybridized carbons (Fsp3) is 0.421. The van der Waals surface area contributed by atoms with Crippen LogP contribution in [-0.2, 0) is 19.1 Å². The molecule has 8 nitrogen and oxygen atoms in total. The predicted octanol–water partition coefficient (Wildman–Crippen LogP) is 1.86. The summed E-state index contributed by atoms with van der Waals surface area (Å²) in [6.07, 6.45) is 1.24. The van der Waals surface area contributed by atoms with E-state index in [0.717, 1.165) is 5.56 Å². The van der Waals surface area contributed by atoms with Crippen LogP contribution >= 0.6 is 11.8 Å². The smallest absolute Gasteiger partial charge is 0.333 e. The summed E-state index contributed by atoms with van der Waals surface area (Å²) in [5.74, 6) is 0.300. The van der Waals surface area contributed by atoms with Gasteiger partial charge in [-0.15, -0.1) is 0 Å². The van der Waals surface area contributed by atoms with E-state index in [1.165, 1.54) is 22.7 Å². The van der Waals surface area contributed by atoms with Crippen LogP contribution in [0.1, 0.15) is 25.5 Å². The lowest BCUT2D eigenvalue weighted by Crippen LogP contribution is -2.38. The van der Waals surface area contributed by atoms with Gasteiger partial charge in [-0.25, -0.2) is 4.79 Å². The molecule has 1 heterocycles. The van der Waals surface area contributed by atoms with Gasteiger partial charge >= 0.3 is 5.97 Å². The van der Waals surface area contributed by atoms with E-state index in [1.54, 1.807) is 39.3 Å². The van der Waals surface area contributed by atoms with Crippen molar-refractivity contribution in [3.8, 4) is 11.5 Å². The number of hydrogen-bond acceptors (Lipinski definition) is 7. The van der Waals surface area contributed by atoms with Crippen LogP contribution in [0.3, 0.4) is 0 Å². The summed E-state index contributed by atoms with van der Waals surface area (Å²) in [7, 11) is 3.11. The molecule has 1 N–H and O–H groups in total. The van der Waals surface area contributed by atoms with Crippen LogP contribution in [0.25, 0.3) is 0 Å². The third kappa shape index (κ3) is 5.41. The van der Waals surface area contributed by atoms with Gasteiger partial charge in [0.05, 0.1) is 43.7 Å². The van der Waals surface area contributed by atoms with Gasteiger partial charge in [-0.2, -0.15) is 0 Å².